The lowest BCUT2D eigenvalue weighted by atomic mass is 10.3. The van der Waals surface area contributed by atoms with Crippen LogP contribution in [0.2, 0.25) is 0 Å². The number of likely N-dealkylation sites (N-methyl/N-ethyl adjacent to an activating group) is 1. The van der Waals surface area contributed by atoms with Crippen molar-refractivity contribution in [3.63, 3.8) is 0 Å². The van der Waals surface area contributed by atoms with Gasteiger partial charge in [-0.05, 0) is 6.42 Å². The number of fused-ring (bicyclic) bond motifs is 1. The first-order chi connectivity index (χ1) is 10.5. The number of nitrogens with zero attached hydrogens (tertiary/aromatic N) is 4. The zero-order chi connectivity index (χ0) is 15.9. The van der Waals surface area contributed by atoms with Crippen LogP contribution in [0.25, 0.3) is 11.2 Å². The van der Waals surface area contributed by atoms with E-state index >= 15 is 0 Å². The minimum absolute atomic E-state index is 0.356. The summed E-state index contributed by atoms with van der Waals surface area (Å²) in [5.41, 5.74) is 0.173. The van der Waals surface area contributed by atoms with Crippen molar-refractivity contribution >= 4 is 17.1 Å². The maximum absolute atomic E-state index is 12.2. The first-order valence-electron chi connectivity index (χ1n) is 7.78. The van der Waals surface area contributed by atoms with Crippen molar-refractivity contribution in [2.24, 2.45) is 7.05 Å². The lowest BCUT2D eigenvalue weighted by Crippen LogP contribution is -3.12. The third kappa shape index (κ3) is 2.33. The van der Waals surface area contributed by atoms with Crippen LogP contribution in [0.1, 0.15) is 13.3 Å². The van der Waals surface area contributed by atoms with E-state index in [4.69, 9.17) is 0 Å². The minimum atomic E-state index is -0.423. The van der Waals surface area contributed by atoms with Gasteiger partial charge in [0.2, 0.25) is 5.95 Å². The Morgan fingerprint density at radius 1 is 1.27 bits per heavy atom. The summed E-state index contributed by atoms with van der Waals surface area (Å²) in [6.07, 6.45) is 0.903. The first kappa shape index (κ1) is 14.8. The fourth-order valence-corrected chi connectivity index (χ4v) is 2.99. The molecule has 1 aliphatic rings. The molecule has 3 rings (SSSR count). The standard InChI is InChI=1S/C14H22N6O2/c1-4-5-20-10-11(18(3)14(22)16-12(10)21)15-13(20)19-8-6-17(2)7-9-19/h4-9H2,1-3H3,(H,16,21,22)/p+1. The number of aryl methyl sites for hydroxylation is 2. The summed E-state index contributed by atoms with van der Waals surface area (Å²) in [5.74, 6) is 0.802. The van der Waals surface area contributed by atoms with Crippen molar-refractivity contribution in [2.75, 3.05) is 38.1 Å². The van der Waals surface area contributed by atoms with Crippen LogP contribution in [-0.2, 0) is 13.6 Å². The quantitative estimate of drug-likeness (QED) is 0.699. The maximum atomic E-state index is 12.2. The Balaban J connectivity index is 2.19. The van der Waals surface area contributed by atoms with Crippen LogP contribution in [0.4, 0.5) is 5.95 Å². The average molecular weight is 307 g/mol. The molecule has 3 heterocycles. The largest absolute Gasteiger partial charge is 0.334 e. The number of quaternary nitrogens is 1. The molecular formula is C14H23N6O2+. The Morgan fingerprint density at radius 3 is 2.59 bits per heavy atom. The summed E-state index contributed by atoms with van der Waals surface area (Å²) in [5, 5.41) is 0. The molecule has 0 aromatic carbocycles. The van der Waals surface area contributed by atoms with Crippen molar-refractivity contribution in [1.29, 1.82) is 0 Å². The van der Waals surface area contributed by atoms with Gasteiger partial charge in [-0.2, -0.15) is 4.98 Å². The van der Waals surface area contributed by atoms with Gasteiger partial charge < -0.3 is 14.4 Å². The number of nitrogens with one attached hydrogen (secondary N) is 2. The Labute approximate surface area is 128 Å². The van der Waals surface area contributed by atoms with E-state index in [0.29, 0.717) is 17.7 Å². The van der Waals surface area contributed by atoms with E-state index in [2.05, 4.69) is 28.8 Å². The molecule has 0 unspecified atom stereocenters. The highest BCUT2D eigenvalue weighted by Crippen LogP contribution is 2.19. The second-order valence-corrected chi connectivity index (χ2v) is 6.00. The number of rotatable bonds is 3. The molecule has 120 valence electrons. The zero-order valence-electron chi connectivity index (χ0n) is 13.3. The molecule has 1 aliphatic heterocycles. The smallest absolute Gasteiger partial charge is 0.329 e. The minimum Gasteiger partial charge on any atom is -0.334 e. The van der Waals surface area contributed by atoms with Crippen molar-refractivity contribution in [3.8, 4) is 0 Å². The summed E-state index contributed by atoms with van der Waals surface area (Å²) < 4.78 is 3.36. The zero-order valence-corrected chi connectivity index (χ0v) is 13.3. The number of imidazole rings is 1. The highest BCUT2D eigenvalue weighted by atomic mass is 16.2. The lowest BCUT2D eigenvalue weighted by molar-refractivity contribution is -0.880. The maximum Gasteiger partial charge on any atom is 0.329 e. The molecule has 0 atom stereocenters. The first-order valence-corrected chi connectivity index (χ1v) is 7.78. The molecule has 0 radical (unpaired) electrons. The molecule has 8 heteroatoms. The van der Waals surface area contributed by atoms with Gasteiger partial charge in [-0.15, -0.1) is 0 Å². The van der Waals surface area contributed by atoms with Crippen molar-refractivity contribution in [1.82, 2.24) is 19.1 Å². The van der Waals surface area contributed by atoms with Crippen LogP contribution < -0.4 is 21.0 Å². The fraction of sp³-hybridized carbons (Fsp3) is 0.643. The summed E-state index contributed by atoms with van der Waals surface area (Å²) >= 11 is 0. The number of hydrogen-bond donors (Lipinski definition) is 2. The van der Waals surface area contributed by atoms with Crippen molar-refractivity contribution in [2.45, 2.75) is 19.9 Å². The predicted molar refractivity (Wildman–Crippen MR) is 84.7 cm³/mol. The van der Waals surface area contributed by atoms with E-state index < -0.39 is 5.69 Å². The van der Waals surface area contributed by atoms with Crippen LogP contribution in [0.5, 0.6) is 0 Å². The second-order valence-electron chi connectivity index (χ2n) is 6.00. The van der Waals surface area contributed by atoms with E-state index in [1.807, 2.05) is 4.57 Å². The van der Waals surface area contributed by atoms with Crippen molar-refractivity contribution in [3.05, 3.63) is 20.8 Å². The summed E-state index contributed by atoms with van der Waals surface area (Å²) in [7, 11) is 3.82. The second kappa shape index (κ2) is 5.60. The van der Waals surface area contributed by atoms with Gasteiger partial charge in [0.1, 0.15) is 0 Å². The third-order valence-electron chi connectivity index (χ3n) is 4.33. The molecule has 1 fully saturated rings. The Kier molecular flexibility index (Phi) is 3.78. The molecule has 0 spiro atoms. The predicted octanol–water partition coefficient (Wildman–Crippen LogP) is -1.83. The van der Waals surface area contributed by atoms with Gasteiger partial charge in [-0.3, -0.25) is 14.3 Å². The van der Waals surface area contributed by atoms with Gasteiger partial charge in [0, 0.05) is 13.6 Å². The molecule has 2 N–H and O–H groups in total. The van der Waals surface area contributed by atoms with Gasteiger partial charge in [-0.1, -0.05) is 6.92 Å². The van der Waals surface area contributed by atoms with Crippen LogP contribution in [0.3, 0.4) is 0 Å². The molecule has 2 aromatic rings. The summed E-state index contributed by atoms with van der Waals surface area (Å²) in [4.78, 5) is 34.7. The lowest BCUT2D eigenvalue weighted by Gasteiger charge is -2.31. The van der Waals surface area contributed by atoms with E-state index in [-0.39, 0.29) is 5.56 Å². The van der Waals surface area contributed by atoms with Gasteiger partial charge in [0.25, 0.3) is 5.56 Å². The SMILES string of the molecule is CCCn1c(N2CC[NH+](C)CC2)nc2c1c(=O)[nH]c(=O)n2C. The summed E-state index contributed by atoms with van der Waals surface area (Å²) in [6, 6.07) is 0. The van der Waals surface area contributed by atoms with Crippen molar-refractivity contribution < 1.29 is 4.90 Å². The molecule has 22 heavy (non-hydrogen) atoms. The van der Waals surface area contributed by atoms with Gasteiger partial charge in [-0.25, -0.2) is 4.79 Å². The average Bonchev–Trinajstić information content (AvgIpc) is 2.86. The van der Waals surface area contributed by atoms with E-state index in [1.165, 1.54) is 9.47 Å². The molecule has 0 saturated carbocycles. The van der Waals surface area contributed by atoms with Gasteiger partial charge in [0.05, 0.1) is 33.2 Å². The topological polar surface area (TPSA) is 80.4 Å². The van der Waals surface area contributed by atoms with Crippen LogP contribution in [0.15, 0.2) is 9.59 Å². The Morgan fingerprint density at radius 2 is 1.95 bits per heavy atom. The molecule has 2 aromatic heterocycles. The Bertz CT molecular complexity index is 794. The highest BCUT2D eigenvalue weighted by Gasteiger charge is 2.24. The van der Waals surface area contributed by atoms with Crippen LogP contribution in [0, 0.1) is 0 Å². The Hall–Kier alpha value is -2.09. The van der Waals surface area contributed by atoms with Crippen LogP contribution >= 0.6 is 0 Å². The summed E-state index contributed by atoms with van der Waals surface area (Å²) in [6.45, 7) is 6.69. The number of anilines is 1. The monoisotopic (exact) mass is 307 g/mol. The number of H-pyrrole nitrogens is 1. The normalized spacial score (nSPS) is 16.6. The highest BCUT2D eigenvalue weighted by molar-refractivity contribution is 5.74. The fourth-order valence-electron chi connectivity index (χ4n) is 2.99. The number of aromatic amines is 1. The van der Waals surface area contributed by atoms with E-state index in [1.54, 1.807) is 7.05 Å². The molecule has 0 amide bonds. The number of piperazine rings is 1. The molecular weight excluding hydrogens is 284 g/mol. The number of aromatic nitrogens is 4. The van der Waals surface area contributed by atoms with Crippen LogP contribution in [-0.4, -0.2) is 52.3 Å². The van der Waals surface area contributed by atoms with Gasteiger partial charge >= 0.3 is 5.69 Å². The molecule has 0 bridgehead atoms. The van der Waals surface area contributed by atoms with E-state index in [0.717, 1.165) is 38.5 Å². The van der Waals surface area contributed by atoms with Gasteiger partial charge in [0.15, 0.2) is 11.2 Å². The third-order valence-corrected chi connectivity index (χ3v) is 4.33. The molecule has 8 nitrogen and oxygen atoms in total. The van der Waals surface area contributed by atoms with E-state index in [9.17, 15) is 9.59 Å². The molecule has 0 aliphatic carbocycles. The molecule has 1 saturated heterocycles. The number of hydrogen-bond acceptors (Lipinski definition) is 4.